The molecule has 2 aromatic carbocycles. The van der Waals surface area contributed by atoms with Gasteiger partial charge in [-0.05, 0) is 41.7 Å². The first-order valence-electron chi connectivity index (χ1n) is 6.17. The summed E-state index contributed by atoms with van der Waals surface area (Å²) in [7, 11) is 0. The average Bonchev–Trinajstić information content (AvgIpc) is 2.54. The monoisotopic (exact) mass is 292 g/mol. The van der Waals surface area contributed by atoms with Crippen LogP contribution >= 0.6 is 11.8 Å². The highest BCUT2D eigenvalue weighted by Crippen LogP contribution is 2.29. The van der Waals surface area contributed by atoms with Gasteiger partial charge in [-0.15, -0.1) is 11.8 Å². The Kier molecular flexibility index (Phi) is 4.66. The average molecular weight is 292 g/mol. The summed E-state index contributed by atoms with van der Waals surface area (Å²) in [6.07, 6.45) is 3.39. The van der Waals surface area contributed by atoms with Crippen LogP contribution in [0.3, 0.4) is 0 Å². The van der Waals surface area contributed by atoms with Crippen molar-refractivity contribution in [3.8, 4) is 29.0 Å². The van der Waals surface area contributed by atoms with Gasteiger partial charge in [0.25, 0.3) is 0 Å². The molecular formula is C17H12N2OS. The molecule has 0 atom stereocenters. The molecule has 0 saturated carbocycles. The quantitative estimate of drug-likeness (QED) is 0.679. The highest BCUT2D eigenvalue weighted by atomic mass is 32.2. The van der Waals surface area contributed by atoms with E-state index in [1.807, 2.05) is 36.6 Å². The molecule has 0 aromatic heterocycles. The van der Waals surface area contributed by atoms with Gasteiger partial charge in [-0.25, -0.2) is 0 Å². The Morgan fingerprint density at radius 2 is 1.67 bits per heavy atom. The molecule has 0 aliphatic rings. The summed E-state index contributed by atoms with van der Waals surface area (Å²) in [6.45, 7) is 0. The summed E-state index contributed by atoms with van der Waals surface area (Å²) < 4.78 is 0. The number of nitriles is 2. The number of thioether (sulfide) groups is 1. The standard InChI is InChI=1S/C17H12N2OS/c1-21-16-6-4-13(5-7-16)14-2-3-15(17(20)9-14)8-12(10-18)11-19/h2-9,20H,1H3. The van der Waals surface area contributed by atoms with Gasteiger partial charge in [0.2, 0.25) is 0 Å². The van der Waals surface area contributed by atoms with Gasteiger partial charge in [0.1, 0.15) is 23.5 Å². The molecule has 0 heterocycles. The summed E-state index contributed by atoms with van der Waals surface area (Å²) in [5.41, 5.74) is 2.30. The fourth-order valence-electron chi connectivity index (χ4n) is 1.87. The molecule has 0 aliphatic heterocycles. The molecule has 0 radical (unpaired) electrons. The van der Waals surface area contributed by atoms with Gasteiger partial charge >= 0.3 is 0 Å². The van der Waals surface area contributed by atoms with E-state index in [0.29, 0.717) is 5.56 Å². The maximum absolute atomic E-state index is 10.0. The van der Waals surface area contributed by atoms with Gasteiger partial charge < -0.3 is 5.11 Å². The highest BCUT2D eigenvalue weighted by Gasteiger charge is 2.04. The molecule has 0 aliphatic carbocycles. The second kappa shape index (κ2) is 6.65. The molecule has 2 aromatic rings. The number of allylic oxidation sites excluding steroid dienone is 1. The lowest BCUT2D eigenvalue weighted by atomic mass is 10.0. The van der Waals surface area contributed by atoms with Crippen LogP contribution in [0, 0.1) is 22.7 Å². The van der Waals surface area contributed by atoms with Gasteiger partial charge in [0.15, 0.2) is 0 Å². The van der Waals surface area contributed by atoms with Crippen LogP contribution in [0.4, 0.5) is 0 Å². The molecule has 0 saturated heterocycles. The zero-order valence-electron chi connectivity index (χ0n) is 11.4. The minimum atomic E-state index is -0.0395. The normalized spacial score (nSPS) is 9.48. The van der Waals surface area contributed by atoms with E-state index in [1.165, 1.54) is 11.0 Å². The van der Waals surface area contributed by atoms with Crippen molar-refractivity contribution in [2.24, 2.45) is 0 Å². The lowest BCUT2D eigenvalue weighted by Crippen LogP contribution is -1.82. The topological polar surface area (TPSA) is 67.8 Å². The summed E-state index contributed by atoms with van der Waals surface area (Å²) in [5, 5.41) is 27.5. The van der Waals surface area contributed by atoms with Gasteiger partial charge in [-0.3, -0.25) is 0 Å². The summed E-state index contributed by atoms with van der Waals surface area (Å²) in [5.74, 6) is 0.0458. The predicted octanol–water partition coefficient (Wildman–Crippen LogP) is 4.21. The fourth-order valence-corrected chi connectivity index (χ4v) is 2.28. The number of aromatic hydroxyl groups is 1. The summed E-state index contributed by atoms with van der Waals surface area (Å²) in [6, 6.07) is 16.8. The predicted molar refractivity (Wildman–Crippen MR) is 84.5 cm³/mol. The number of phenols is 1. The zero-order valence-corrected chi connectivity index (χ0v) is 12.2. The maximum Gasteiger partial charge on any atom is 0.130 e. The van der Waals surface area contributed by atoms with Crippen LogP contribution < -0.4 is 0 Å². The molecule has 2 rings (SSSR count). The molecule has 0 fully saturated rings. The van der Waals surface area contributed by atoms with E-state index in [1.54, 1.807) is 36.0 Å². The number of nitrogens with zero attached hydrogens (tertiary/aromatic N) is 2. The third-order valence-electron chi connectivity index (χ3n) is 2.99. The van der Waals surface area contributed by atoms with Crippen LogP contribution in [0.2, 0.25) is 0 Å². The van der Waals surface area contributed by atoms with E-state index in [4.69, 9.17) is 10.5 Å². The molecule has 0 amide bonds. The Balaban J connectivity index is 2.37. The summed E-state index contributed by atoms with van der Waals surface area (Å²) in [4.78, 5) is 1.18. The van der Waals surface area contributed by atoms with Crippen molar-refractivity contribution < 1.29 is 5.11 Å². The lowest BCUT2D eigenvalue weighted by Gasteiger charge is -2.06. The van der Waals surface area contributed by atoms with Crippen LogP contribution in [0.5, 0.6) is 5.75 Å². The molecule has 3 nitrogen and oxygen atoms in total. The molecule has 1 N–H and O–H groups in total. The molecule has 0 bridgehead atoms. The fraction of sp³-hybridized carbons (Fsp3) is 0.0588. The van der Waals surface area contributed by atoms with E-state index in [9.17, 15) is 5.11 Å². The minimum Gasteiger partial charge on any atom is -0.507 e. The Labute approximate surface area is 127 Å². The van der Waals surface area contributed by atoms with Crippen LogP contribution in [0.1, 0.15) is 5.56 Å². The number of hydrogen-bond donors (Lipinski definition) is 1. The van der Waals surface area contributed by atoms with Crippen LogP contribution in [-0.2, 0) is 0 Å². The first-order valence-corrected chi connectivity index (χ1v) is 7.39. The van der Waals surface area contributed by atoms with E-state index < -0.39 is 0 Å². The van der Waals surface area contributed by atoms with E-state index in [-0.39, 0.29) is 11.3 Å². The van der Waals surface area contributed by atoms with Crippen molar-refractivity contribution in [2.75, 3.05) is 6.26 Å². The zero-order chi connectivity index (χ0) is 15.2. The number of rotatable bonds is 3. The first-order chi connectivity index (χ1) is 10.2. The lowest BCUT2D eigenvalue weighted by molar-refractivity contribution is 0.474. The van der Waals surface area contributed by atoms with Gasteiger partial charge in [-0.2, -0.15) is 10.5 Å². The van der Waals surface area contributed by atoms with Crippen LogP contribution in [0.25, 0.3) is 17.2 Å². The number of phenolic OH excluding ortho intramolecular Hbond substituents is 1. The highest BCUT2D eigenvalue weighted by molar-refractivity contribution is 7.98. The molecular weight excluding hydrogens is 280 g/mol. The largest absolute Gasteiger partial charge is 0.507 e. The smallest absolute Gasteiger partial charge is 0.130 e. The Hall–Kier alpha value is -2.69. The van der Waals surface area contributed by atoms with Gasteiger partial charge in [-0.1, -0.05) is 24.3 Å². The molecule has 0 spiro atoms. The van der Waals surface area contributed by atoms with E-state index in [2.05, 4.69) is 0 Å². The Morgan fingerprint density at radius 3 is 2.19 bits per heavy atom. The van der Waals surface area contributed by atoms with Crippen molar-refractivity contribution in [1.29, 1.82) is 10.5 Å². The van der Waals surface area contributed by atoms with Crippen molar-refractivity contribution in [3.05, 3.63) is 53.6 Å². The third kappa shape index (κ3) is 3.45. The molecule has 4 heteroatoms. The number of hydrogen-bond acceptors (Lipinski definition) is 4. The third-order valence-corrected chi connectivity index (χ3v) is 3.74. The molecule has 21 heavy (non-hydrogen) atoms. The molecule has 102 valence electrons. The van der Waals surface area contributed by atoms with Gasteiger partial charge in [0.05, 0.1) is 0 Å². The minimum absolute atomic E-state index is 0.0395. The van der Waals surface area contributed by atoms with Crippen LogP contribution in [0.15, 0.2) is 52.9 Å². The van der Waals surface area contributed by atoms with Crippen LogP contribution in [-0.4, -0.2) is 11.4 Å². The van der Waals surface area contributed by atoms with Crippen molar-refractivity contribution in [3.63, 3.8) is 0 Å². The van der Waals surface area contributed by atoms with Crippen molar-refractivity contribution in [2.45, 2.75) is 4.90 Å². The Bertz CT molecular complexity index is 749. The van der Waals surface area contributed by atoms with Gasteiger partial charge in [0, 0.05) is 10.5 Å². The second-order valence-electron chi connectivity index (χ2n) is 4.28. The van der Waals surface area contributed by atoms with E-state index in [0.717, 1.165) is 11.1 Å². The Morgan fingerprint density at radius 1 is 1.05 bits per heavy atom. The maximum atomic E-state index is 10.0. The summed E-state index contributed by atoms with van der Waals surface area (Å²) >= 11 is 1.67. The SMILES string of the molecule is CSc1ccc(-c2ccc(C=C(C#N)C#N)c(O)c2)cc1. The molecule has 0 unspecified atom stereocenters. The second-order valence-corrected chi connectivity index (χ2v) is 5.16. The van der Waals surface area contributed by atoms with Crippen molar-refractivity contribution >= 4 is 17.8 Å². The van der Waals surface area contributed by atoms with Crippen molar-refractivity contribution in [1.82, 2.24) is 0 Å². The number of benzene rings is 2. The first kappa shape index (κ1) is 14.7. The van der Waals surface area contributed by atoms with E-state index >= 15 is 0 Å².